The van der Waals surface area contributed by atoms with Crippen molar-refractivity contribution in [1.82, 2.24) is 14.8 Å². The molecule has 0 aliphatic rings. The first kappa shape index (κ1) is 13.8. The fraction of sp³-hybridized carbons (Fsp3) is 0.143. The van der Waals surface area contributed by atoms with E-state index in [0.717, 1.165) is 0 Å². The molecule has 4 nitrogen and oxygen atoms in total. The normalized spacial score (nSPS) is 11.0. The molecule has 2 heterocycles. The van der Waals surface area contributed by atoms with Gasteiger partial charge >= 0.3 is 0 Å². The monoisotopic (exact) mass is 307 g/mol. The van der Waals surface area contributed by atoms with Gasteiger partial charge in [-0.25, -0.2) is 8.78 Å². The zero-order valence-electron chi connectivity index (χ0n) is 11.1. The summed E-state index contributed by atoms with van der Waals surface area (Å²) >= 11 is 1.21. The quantitative estimate of drug-likeness (QED) is 0.690. The van der Waals surface area contributed by atoms with E-state index < -0.39 is 11.6 Å². The van der Waals surface area contributed by atoms with E-state index in [4.69, 9.17) is 4.42 Å². The second-order valence-corrected chi connectivity index (χ2v) is 5.27. The van der Waals surface area contributed by atoms with Crippen molar-refractivity contribution in [2.24, 2.45) is 7.05 Å². The summed E-state index contributed by atoms with van der Waals surface area (Å²) in [5.74, 6) is 0.181. The predicted octanol–water partition coefficient (Wildman–Crippen LogP) is 3.65. The molecular weight excluding hydrogens is 296 g/mol. The van der Waals surface area contributed by atoms with Crippen LogP contribution in [0.15, 0.2) is 46.2 Å². The molecule has 3 rings (SSSR count). The summed E-state index contributed by atoms with van der Waals surface area (Å²) in [6.45, 7) is 0. The molecule has 1 aromatic carbocycles. The van der Waals surface area contributed by atoms with E-state index in [0.29, 0.717) is 16.7 Å². The highest BCUT2D eigenvalue weighted by Crippen LogP contribution is 2.27. The molecule has 0 fully saturated rings. The van der Waals surface area contributed by atoms with Crippen LogP contribution in [-0.2, 0) is 12.8 Å². The van der Waals surface area contributed by atoms with Crippen LogP contribution in [0.3, 0.4) is 0 Å². The largest absolute Gasteiger partial charge is 0.461 e. The van der Waals surface area contributed by atoms with Crippen molar-refractivity contribution < 1.29 is 13.2 Å². The van der Waals surface area contributed by atoms with Gasteiger partial charge < -0.3 is 8.98 Å². The summed E-state index contributed by atoms with van der Waals surface area (Å²) in [5.41, 5.74) is 0.0325. The van der Waals surface area contributed by atoms with E-state index in [1.54, 1.807) is 30.0 Å². The Bertz CT molecular complexity index is 735. The van der Waals surface area contributed by atoms with Gasteiger partial charge in [0.05, 0.1) is 6.26 Å². The highest BCUT2D eigenvalue weighted by atomic mass is 32.2. The van der Waals surface area contributed by atoms with E-state index in [1.807, 2.05) is 0 Å². The Morgan fingerprint density at radius 3 is 2.57 bits per heavy atom. The van der Waals surface area contributed by atoms with Crippen molar-refractivity contribution in [3.63, 3.8) is 0 Å². The van der Waals surface area contributed by atoms with Crippen LogP contribution in [0.4, 0.5) is 8.78 Å². The Morgan fingerprint density at radius 1 is 1.14 bits per heavy atom. The van der Waals surface area contributed by atoms with Gasteiger partial charge in [0.1, 0.15) is 11.6 Å². The predicted molar refractivity (Wildman–Crippen MR) is 74.6 cm³/mol. The van der Waals surface area contributed by atoms with Gasteiger partial charge in [0.25, 0.3) is 0 Å². The summed E-state index contributed by atoms with van der Waals surface area (Å²) in [6, 6.07) is 7.35. The minimum Gasteiger partial charge on any atom is -0.461 e. The lowest BCUT2D eigenvalue weighted by atomic mass is 10.2. The standard InChI is InChI=1S/C14H11F2N3OS/c1-19-13(12-6-3-7-20-12)17-18-14(19)21-8-9-10(15)4-2-5-11(9)16/h2-7H,8H2,1H3. The Morgan fingerprint density at radius 2 is 1.90 bits per heavy atom. The lowest BCUT2D eigenvalue weighted by Gasteiger charge is -2.04. The summed E-state index contributed by atoms with van der Waals surface area (Å²) in [4.78, 5) is 0. The SMILES string of the molecule is Cn1c(SCc2c(F)cccc2F)nnc1-c1ccco1. The molecule has 0 amide bonds. The van der Waals surface area contributed by atoms with Crippen LogP contribution in [0.25, 0.3) is 11.6 Å². The fourth-order valence-electron chi connectivity index (χ4n) is 1.87. The molecule has 0 unspecified atom stereocenters. The summed E-state index contributed by atoms with van der Waals surface area (Å²) in [6.07, 6.45) is 1.55. The van der Waals surface area contributed by atoms with E-state index in [-0.39, 0.29) is 11.3 Å². The second-order valence-electron chi connectivity index (χ2n) is 4.33. The average molecular weight is 307 g/mol. The third-order valence-corrected chi connectivity index (χ3v) is 4.03. The summed E-state index contributed by atoms with van der Waals surface area (Å²) in [5, 5.41) is 8.60. The van der Waals surface area contributed by atoms with Crippen molar-refractivity contribution in [2.45, 2.75) is 10.9 Å². The number of nitrogens with zero attached hydrogens (tertiary/aromatic N) is 3. The second kappa shape index (κ2) is 5.69. The molecule has 0 saturated heterocycles. The molecule has 0 bridgehead atoms. The van der Waals surface area contributed by atoms with Gasteiger partial charge in [-0.3, -0.25) is 0 Å². The Hall–Kier alpha value is -2.15. The molecule has 7 heteroatoms. The zero-order valence-corrected chi connectivity index (χ0v) is 11.9. The van der Waals surface area contributed by atoms with Crippen LogP contribution in [0.1, 0.15) is 5.56 Å². The summed E-state index contributed by atoms with van der Waals surface area (Å²) in [7, 11) is 1.78. The fourth-order valence-corrected chi connectivity index (χ4v) is 2.80. The Labute approximate surface area is 123 Å². The molecule has 2 aromatic heterocycles. The molecule has 21 heavy (non-hydrogen) atoms. The Balaban J connectivity index is 1.81. The van der Waals surface area contributed by atoms with E-state index in [1.165, 1.54) is 30.0 Å². The van der Waals surface area contributed by atoms with Gasteiger partial charge in [-0.2, -0.15) is 0 Å². The minimum absolute atomic E-state index is 0.0325. The van der Waals surface area contributed by atoms with E-state index in [2.05, 4.69) is 10.2 Å². The molecule has 0 N–H and O–H groups in total. The van der Waals surface area contributed by atoms with Gasteiger partial charge in [0, 0.05) is 18.4 Å². The van der Waals surface area contributed by atoms with Crippen LogP contribution in [0.5, 0.6) is 0 Å². The lowest BCUT2D eigenvalue weighted by Crippen LogP contribution is -1.96. The number of halogens is 2. The van der Waals surface area contributed by atoms with Crippen LogP contribution in [-0.4, -0.2) is 14.8 Å². The Kier molecular flexibility index (Phi) is 3.74. The molecule has 108 valence electrons. The van der Waals surface area contributed by atoms with Gasteiger partial charge in [0.15, 0.2) is 16.7 Å². The van der Waals surface area contributed by atoms with E-state index >= 15 is 0 Å². The smallest absolute Gasteiger partial charge is 0.200 e. The lowest BCUT2D eigenvalue weighted by molar-refractivity contribution is 0.566. The molecule has 0 atom stereocenters. The van der Waals surface area contributed by atoms with Crippen LogP contribution in [0, 0.1) is 11.6 Å². The third kappa shape index (κ3) is 2.69. The maximum absolute atomic E-state index is 13.6. The van der Waals surface area contributed by atoms with Gasteiger partial charge in [-0.1, -0.05) is 17.8 Å². The molecule has 0 saturated carbocycles. The van der Waals surface area contributed by atoms with Crippen molar-refractivity contribution in [2.75, 3.05) is 0 Å². The maximum atomic E-state index is 13.6. The average Bonchev–Trinajstić information content (AvgIpc) is 3.08. The van der Waals surface area contributed by atoms with Crippen molar-refractivity contribution >= 4 is 11.8 Å². The molecule has 3 aromatic rings. The number of furan rings is 1. The van der Waals surface area contributed by atoms with Crippen molar-refractivity contribution in [3.8, 4) is 11.6 Å². The zero-order chi connectivity index (χ0) is 14.8. The van der Waals surface area contributed by atoms with Crippen LogP contribution >= 0.6 is 11.8 Å². The molecule has 0 radical (unpaired) electrons. The highest BCUT2D eigenvalue weighted by molar-refractivity contribution is 7.98. The first-order valence-electron chi connectivity index (χ1n) is 6.16. The minimum atomic E-state index is -0.559. The number of hydrogen-bond acceptors (Lipinski definition) is 4. The molecule has 0 aliphatic carbocycles. The molecule has 0 aliphatic heterocycles. The third-order valence-electron chi connectivity index (χ3n) is 2.98. The number of aromatic nitrogens is 3. The first-order valence-corrected chi connectivity index (χ1v) is 7.14. The highest BCUT2D eigenvalue weighted by Gasteiger charge is 2.15. The first-order chi connectivity index (χ1) is 10.2. The van der Waals surface area contributed by atoms with E-state index in [9.17, 15) is 8.78 Å². The van der Waals surface area contributed by atoms with Gasteiger partial charge in [-0.05, 0) is 24.3 Å². The van der Waals surface area contributed by atoms with Gasteiger partial charge in [-0.15, -0.1) is 10.2 Å². The molecule has 0 spiro atoms. The van der Waals surface area contributed by atoms with Crippen LogP contribution in [0.2, 0.25) is 0 Å². The van der Waals surface area contributed by atoms with Crippen molar-refractivity contribution in [1.29, 1.82) is 0 Å². The van der Waals surface area contributed by atoms with Gasteiger partial charge in [0.2, 0.25) is 0 Å². The van der Waals surface area contributed by atoms with Crippen LogP contribution < -0.4 is 0 Å². The maximum Gasteiger partial charge on any atom is 0.200 e. The summed E-state index contributed by atoms with van der Waals surface area (Å²) < 4.78 is 34.1. The number of hydrogen-bond donors (Lipinski definition) is 0. The topological polar surface area (TPSA) is 43.9 Å². The number of rotatable bonds is 4. The number of thioether (sulfide) groups is 1. The number of benzene rings is 1. The molecular formula is C14H11F2N3OS. The van der Waals surface area contributed by atoms with Crippen molar-refractivity contribution in [3.05, 3.63) is 53.8 Å².